The Morgan fingerprint density at radius 2 is 2.14 bits per heavy atom. The van der Waals surface area contributed by atoms with Crippen molar-refractivity contribution in [2.24, 2.45) is 0 Å². The Hall–Kier alpha value is -2.08. The summed E-state index contributed by atoms with van der Waals surface area (Å²) in [6, 6.07) is 9.34. The third-order valence-electron chi connectivity index (χ3n) is 2.30. The van der Waals surface area contributed by atoms with Crippen molar-refractivity contribution >= 4 is 17.2 Å². The quantitative estimate of drug-likeness (QED) is 0.453. The fourth-order valence-electron chi connectivity index (χ4n) is 1.60. The summed E-state index contributed by atoms with van der Waals surface area (Å²) in [5.74, 6) is -0.118. The maximum atomic E-state index is 11.7. The van der Waals surface area contributed by atoms with Crippen molar-refractivity contribution in [3.8, 4) is 6.07 Å². The number of likely N-dealkylation sites (N-methyl/N-ethyl adjacent to an activating group) is 1. The summed E-state index contributed by atoms with van der Waals surface area (Å²) in [6.07, 6.45) is 1.30. The lowest BCUT2D eigenvalue weighted by atomic mass is 10.1. The summed E-state index contributed by atoms with van der Waals surface area (Å²) in [5.41, 5.74) is 2.17. The van der Waals surface area contributed by atoms with E-state index in [9.17, 15) is 4.79 Å². The van der Waals surface area contributed by atoms with E-state index < -0.39 is 0 Å². The molecule has 0 saturated carbocycles. The molecule has 0 fully saturated rings. The smallest absolute Gasteiger partial charge is 0.259 e. The highest BCUT2D eigenvalue weighted by atomic mass is 16.2. The molecule has 3 nitrogen and oxygen atoms in total. The van der Waals surface area contributed by atoms with Crippen molar-refractivity contribution < 1.29 is 4.79 Å². The zero-order valence-electron chi connectivity index (χ0n) is 7.69. The number of allylic oxidation sites excluding steroid dienone is 1. The fourth-order valence-corrected chi connectivity index (χ4v) is 1.60. The van der Waals surface area contributed by atoms with Crippen LogP contribution in [0.5, 0.6) is 0 Å². The second-order valence-corrected chi connectivity index (χ2v) is 3.07. The van der Waals surface area contributed by atoms with Gasteiger partial charge in [-0.1, -0.05) is 18.2 Å². The Balaban J connectivity index is 2.66. The molecule has 0 unspecified atom stereocenters. The number of para-hydroxylation sites is 1. The summed E-state index contributed by atoms with van der Waals surface area (Å²) < 4.78 is 0. The molecule has 0 saturated heterocycles. The molecule has 1 aliphatic rings. The van der Waals surface area contributed by atoms with Gasteiger partial charge in [-0.15, -0.1) is 0 Å². The molecule has 0 N–H and O–H groups in total. The molecule has 1 amide bonds. The van der Waals surface area contributed by atoms with Crippen LogP contribution in [0, 0.1) is 11.3 Å². The van der Waals surface area contributed by atoms with Gasteiger partial charge in [0, 0.05) is 18.7 Å². The highest BCUT2D eigenvalue weighted by molar-refractivity contribution is 6.32. The van der Waals surface area contributed by atoms with Gasteiger partial charge >= 0.3 is 0 Å². The normalized spacial score (nSPS) is 17.0. The van der Waals surface area contributed by atoms with Crippen molar-refractivity contribution in [1.29, 1.82) is 5.26 Å². The van der Waals surface area contributed by atoms with Crippen LogP contribution in [0.4, 0.5) is 5.69 Å². The van der Waals surface area contributed by atoms with E-state index in [1.165, 1.54) is 6.08 Å². The van der Waals surface area contributed by atoms with Crippen molar-refractivity contribution in [2.45, 2.75) is 0 Å². The Bertz CT molecular complexity index is 468. The molecular formula is C11H8N2O. The summed E-state index contributed by atoms with van der Waals surface area (Å²) in [5, 5.41) is 8.56. The van der Waals surface area contributed by atoms with Crippen LogP contribution in [0.3, 0.4) is 0 Å². The molecule has 0 radical (unpaired) electrons. The molecule has 1 aromatic rings. The van der Waals surface area contributed by atoms with Crippen molar-refractivity contribution in [1.82, 2.24) is 0 Å². The van der Waals surface area contributed by atoms with Crippen LogP contribution >= 0.6 is 0 Å². The second kappa shape index (κ2) is 3.00. The number of benzene rings is 1. The standard InChI is InChI=1S/C11H8N2O/c1-13-10-5-3-2-4-8(10)9(6-7-12)11(13)14/h2-6H,1H3/b9-6+. The molecule has 0 atom stereocenters. The lowest BCUT2D eigenvalue weighted by Crippen LogP contribution is -2.20. The number of amides is 1. The molecule has 14 heavy (non-hydrogen) atoms. The minimum absolute atomic E-state index is 0.118. The first-order valence-corrected chi connectivity index (χ1v) is 4.23. The molecule has 0 aliphatic carbocycles. The van der Waals surface area contributed by atoms with E-state index in [2.05, 4.69) is 0 Å². The van der Waals surface area contributed by atoms with Gasteiger partial charge in [0.1, 0.15) is 0 Å². The molecular weight excluding hydrogens is 176 g/mol. The van der Waals surface area contributed by atoms with Crippen LogP contribution in [0.25, 0.3) is 5.57 Å². The number of hydrogen-bond donors (Lipinski definition) is 0. The number of nitriles is 1. The Kier molecular flexibility index (Phi) is 1.83. The molecule has 68 valence electrons. The van der Waals surface area contributed by atoms with Crippen LogP contribution in [-0.4, -0.2) is 13.0 Å². The van der Waals surface area contributed by atoms with Gasteiger partial charge in [-0.2, -0.15) is 5.26 Å². The van der Waals surface area contributed by atoms with Crippen LogP contribution in [-0.2, 0) is 4.79 Å². The predicted octanol–water partition coefficient (Wildman–Crippen LogP) is 1.57. The van der Waals surface area contributed by atoms with E-state index >= 15 is 0 Å². The summed E-state index contributed by atoms with van der Waals surface area (Å²) in [7, 11) is 1.71. The number of anilines is 1. The lowest BCUT2D eigenvalue weighted by molar-refractivity contribution is -0.112. The fraction of sp³-hybridized carbons (Fsp3) is 0.0909. The van der Waals surface area contributed by atoms with Gasteiger partial charge in [0.15, 0.2) is 0 Å². The van der Waals surface area contributed by atoms with E-state index in [-0.39, 0.29) is 5.91 Å². The van der Waals surface area contributed by atoms with Crippen LogP contribution in [0.2, 0.25) is 0 Å². The zero-order chi connectivity index (χ0) is 10.1. The second-order valence-electron chi connectivity index (χ2n) is 3.07. The minimum atomic E-state index is -0.118. The molecule has 2 rings (SSSR count). The van der Waals surface area contributed by atoms with Crippen molar-refractivity contribution in [3.05, 3.63) is 35.9 Å². The Morgan fingerprint density at radius 3 is 2.86 bits per heavy atom. The monoisotopic (exact) mass is 184 g/mol. The van der Waals surface area contributed by atoms with E-state index in [0.29, 0.717) is 5.57 Å². The molecule has 3 heteroatoms. The topological polar surface area (TPSA) is 44.1 Å². The first-order chi connectivity index (χ1) is 6.75. The van der Waals surface area contributed by atoms with Gasteiger partial charge in [-0.25, -0.2) is 0 Å². The van der Waals surface area contributed by atoms with E-state index in [0.717, 1.165) is 11.3 Å². The van der Waals surface area contributed by atoms with Crippen LogP contribution in [0.15, 0.2) is 30.3 Å². The maximum Gasteiger partial charge on any atom is 0.259 e. The number of hydrogen-bond acceptors (Lipinski definition) is 2. The van der Waals surface area contributed by atoms with Gasteiger partial charge in [0.2, 0.25) is 0 Å². The summed E-state index contributed by atoms with van der Waals surface area (Å²) >= 11 is 0. The first-order valence-electron chi connectivity index (χ1n) is 4.23. The van der Waals surface area contributed by atoms with Crippen LogP contribution < -0.4 is 4.90 Å². The third kappa shape index (κ3) is 1.01. The van der Waals surface area contributed by atoms with Gasteiger partial charge in [-0.3, -0.25) is 4.79 Å². The number of rotatable bonds is 0. The minimum Gasteiger partial charge on any atom is -0.311 e. The SMILES string of the molecule is CN1C(=O)/C(=C/C#N)c2ccccc21. The van der Waals surface area contributed by atoms with Gasteiger partial charge in [0.25, 0.3) is 5.91 Å². The number of carbonyl (C=O) groups excluding carboxylic acids is 1. The van der Waals surface area contributed by atoms with E-state index in [1.807, 2.05) is 30.3 Å². The third-order valence-corrected chi connectivity index (χ3v) is 2.30. The Morgan fingerprint density at radius 1 is 1.43 bits per heavy atom. The molecule has 1 aliphatic heterocycles. The zero-order valence-corrected chi connectivity index (χ0v) is 7.69. The number of fused-ring (bicyclic) bond motifs is 1. The highest BCUT2D eigenvalue weighted by Gasteiger charge is 2.28. The molecule has 1 heterocycles. The number of carbonyl (C=O) groups is 1. The molecule has 0 spiro atoms. The van der Waals surface area contributed by atoms with E-state index in [1.54, 1.807) is 11.9 Å². The van der Waals surface area contributed by atoms with Crippen molar-refractivity contribution in [2.75, 3.05) is 11.9 Å². The first kappa shape index (κ1) is 8.52. The molecule has 0 bridgehead atoms. The molecule has 1 aromatic carbocycles. The van der Waals surface area contributed by atoms with Gasteiger partial charge in [0.05, 0.1) is 17.3 Å². The van der Waals surface area contributed by atoms with Gasteiger partial charge < -0.3 is 4.90 Å². The largest absolute Gasteiger partial charge is 0.311 e. The van der Waals surface area contributed by atoms with Crippen LogP contribution in [0.1, 0.15) is 5.56 Å². The summed E-state index contributed by atoms with van der Waals surface area (Å²) in [4.78, 5) is 13.2. The number of nitrogens with zero attached hydrogens (tertiary/aromatic N) is 2. The van der Waals surface area contributed by atoms with Crippen molar-refractivity contribution in [3.63, 3.8) is 0 Å². The average Bonchev–Trinajstić information content (AvgIpc) is 2.45. The van der Waals surface area contributed by atoms with E-state index in [4.69, 9.17) is 5.26 Å². The maximum absolute atomic E-state index is 11.7. The highest BCUT2D eigenvalue weighted by Crippen LogP contribution is 2.34. The average molecular weight is 184 g/mol. The lowest BCUT2D eigenvalue weighted by Gasteiger charge is -2.07. The summed E-state index contributed by atoms with van der Waals surface area (Å²) in [6.45, 7) is 0. The van der Waals surface area contributed by atoms with Gasteiger partial charge in [-0.05, 0) is 6.07 Å². The molecule has 0 aromatic heterocycles. The predicted molar refractivity (Wildman–Crippen MR) is 53.4 cm³/mol. The Labute approximate surface area is 81.9 Å².